The van der Waals surface area contributed by atoms with E-state index < -0.39 is 0 Å². The molecule has 2 nitrogen and oxygen atoms in total. The van der Waals surface area contributed by atoms with E-state index in [2.05, 4.69) is 25.8 Å². The van der Waals surface area contributed by atoms with Gasteiger partial charge in [0.1, 0.15) is 0 Å². The smallest absolute Gasteiger partial charge is 0.0277 e. The fourth-order valence-corrected chi connectivity index (χ4v) is 0.626. The molecule has 0 unspecified atom stereocenters. The largest absolute Gasteiger partial charge is 0.404 e. The van der Waals surface area contributed by atoms with Gasteiger partial charge in [-0.25, -0.2) is 0 Å². The Morgan fingerprint density at radius 3 is 2.00 bits per heavy atom. The average molecular weight is 140 g/mol. The molecular formula is C8H16N2. The lowest BCUT2D eigenvalue weighted by molar-refractivity contribution is 0.525. The minimum absolute atomic E-state index is 0.105. The van der Waals surface area contributed by atoms with Gasteiger partial charge in [-0.2, -0.15) is 0 Å². The van der Waals surface area contributed by atoms with Crippen LogP contribution in [-0.2, 0) is 0 Å². The van der Waals surface area contributed by atoms with Gasteiger partial charge in [0.25, 0.3) is 0 Å². The summed E-state index contributed by atoms with van der Waals surface area (Å²) in [6.07, 6.45) is 3.40. The topological polar surface area (TPSA) is 38.4 Å². The first-order chi connectivity index (χ1) is 4.52. The molecule has 0 bridgehead atoms. The van der Waals surface area contributed by atoms with E-state index in [1.54, 1.807) is 19.5 Å². The highest BCUT2D eigenvalue weighted by molar-refractivity contribution is 5.79. The molecule has 0 saturated carbocycles. The van der Waals surface area contributed by atoms with E-state index in [1.165, 1.54) is 0 Å². The monoisotopic (exact) mass is 140 g/mol. The summed E-state index contributed by atoms with van der Waals surface area (Å²) in [7, 11) is 1.75. The average Bonchev–Trinajstić information content (AvgIpc) is 1.80. The van der Waals surface area contributed by atoms with E-state index in [9.17, 15) is 0 Å². The number of hydrogen-bond donors (Lipinski definition) is 1. The molecule has 58 valence electrons. The van der Waals surface area contributed by atoms with E-state index in [0.717, 1.165) is 5.57 Å². The summed E-state index contributed by atoms with van der Waals surface area (Å²) in [5.41, 5.74) is 6.56. The Labute approximate surface area is 62.8 Å². The number of nitrogens with two attached hydrogens (primary N) is 1. The molecule has 0 aromatic carbocycles. The summed E-state index contributed by atoms with van der Waals surface area (Å²) < 4.78 is 0. The molecule has 0 rings (SSSR count). The quantitative estimate of drug-likeness (QED) is 0.552. The highest BCUT2D eigenvalue weighted by Crippen LogP contribution is 2.22. The van der Waals surface area contributed by atoms with E-state index in [-0.39, 0.29) is 5.41 Å². The minimum Gasteiger partial charge on any atom is -0.404 e. The summed E-state index contributed by atoms with van der Waals surface area (Å²) in [6.45, 7) is 6.31. The molecule has 2 heteroatoms. The van der Waals surface area contributed by atoms with Crippen LogP contribution in [0.1, 0.15) is 20.8 Å². The zero-order valence-corrected chi connectivity index (χ0v) is 7.18. The van der Waals surface area contributed by atoms with Gasteiger partial charge in [-0.3, -0.25) is 4.99 Å². The van der Waals surface area contributed by atoms with Crippen LogP contribution in [0.4, 0.5) is 0 Å². The molecule has 0 saturated heterocycles. The Bertz CT molecular complexity index is 149. The van der Waals surface area contributed by atoms with Gasteiger partial charge in [0.2, 0.25) is 0 Å². The first-order valence-electron chi connectivity index (χ1n) is 3.37. The maximum absolute atomic E-state index is 5.39. The van der Waals surface area contributed by atoms with Crippen molar-refractivity contribution in [2.24, 2.45) is 16.1 Å². The number of nitrogens with zero attached hydrogens (tertiary/aromatic N) is 1. The maximum Gasteiger partial charge on any atom is 0.0277 e. The number of allylic oxidation sites excluding steroid dienone is 1. The van der Waals surface area contributed by atoms with Crippen LogP contribution in [0.2, 0.25) is 0 Å². The van der Waals surface area contributed by atoms with Crippen molar-refractivity contribution < 1.29 is 0 Å². The molecule has 0 spiro atoms. The summed E-state index contributed by atoms with van der Waals surface area (Å²) in [5.74, 6) is 0. The highest BCUT2D eigenvalue weighted by atomic mass is 14.6. The number of hydrogen-bond acceptors (Lipinski definition) is 2. The Kier molecular flexibility index (Phi) is 3.13. The summed E-state index contributed by atoms with van der Waals surface area (Å²) in [5, 5.41) is 0. The normalized spacial score (nSPS) is 14.6. The van der Waals surface area contributed by atoms with Crippen molar-refractivity contribution in [1.82, 2.24) is 0 Å². The van der Waals surface area contributed by atoms with Crippen LogP contribution in [0, 0.1) is 5.41 Å². The highest BCUT2D eigenvalue weighted by Gasteiger charge is 2.13. The Balaban J connectivity index is 4.39. The maximum atomic E-state index is 5.39. The van der Waals surface area contributed by atoms with Crippen molar-refractivity contribution in [3.05, 3.63) is 11.8 Å². The van der Waals surface area contributed by atoms with Crippen LogP contribution in [0.5, 0.6) is 0 Å². The summed E-state index contributed by atoms with van der Waals surface area (Å²) in [6, 6.07) is 0. The van der Waals surface area contributed by atoms with Crippen molar-refractivity contribution in [2.45, 2.75) is 20.8 Å². The minimum atomic E-state index is 0.105. The van der Waals surface area contributed by atoms with Crippen LogP contribution in [0.3, 0.4) is 0 Å². The summed E-state index contributed by atoms with van der Waals surface area (Å²) >= 11 is 0. The van der Waals surface area contributed by atoms with Gasteiger partial charge in [0, 0.05) is 13.3 Å². The molecule has 0 aliphatic heterocycles. The SMILES string of the molecule is C/N=C\C(=C/N)C(C)(C)C. The lowest BCUT2D eigenvalue weighted by atomic mass is 9.88. The Morgan fingerprint density at radius 1 is 1.40 bits per heavy atom. The number of rotatable bonds is 1. The molecule has 0 atom stereocenters. The molecule has 0 heterocycles. The number of aliphatic imine (C=N–C) groups is 1. The predicted octanol–water partition coefficient (Wildman–Crippen LogP) is 1.58. The van der Waals surface area contributed by atoms with Gasteiger partial charge in [-0.1, -0.05) is 20.8 Å². The van der Waals surface area contributed by atoms with Crippen LogP contribution in [0.25, 0.3) is 0 Å². The van der Waals surface area contributed by atoms with Gasteiger partial charge in [-0.05, 0) is 17.2 Å². The van der Waals surface area contributed by atoms with Crippen molar-refractivity contribution in [2.75, 3.05) is 7.05 Å². The van der Waals surface area contributed by atoms with Crippen molar-refractivity contribution in [3.63, 3.8) is 0 Å². The first kappa shape index (κ1) is 9.21. The van der Waals surface area contributed by atoms with Crippen LogP contribution in [-0.4, -0.2) is 13.3 Å². The van der Waals surface area contributed by atoms with Crippen LogP contribution < -0.4 is 5.73 Å². The van der Waals surface area contributed by atoms with E-state index in [0.29, 0.717) is 0 Å². The third kappa shape index (κ3) is 2.67. The summed E-state index contributed by atoms with van der Waals surface area (Å²) in [4.78, 5) is 3.90. The molecule has 0 radical (unpaired) electrons. The standard InChI is InChI=1S/C8H16N2/c1-8(2,3)7(5-9)6-10-4/h5-6H,9H2,1-4H3/b7-5+,10-6-. The Morgan fingerprint density at radius 2 is 1.90 bits per heavy atom. The second-order valence-corrected chi connectivity index (χ2v) is 3.26. The molecule has 0 fully saturated rings. The second kappa shape index (κ2) is 3.40. The molecule has 0 aliphatic rings. The second-order valence-electron chi connectivity index (χ2n) is 3.26. The fraction of sp³-hybridized carbons (Fsp3) is 0.625. The molecule has 10 heavy (non-hydrogen) atoms. The van der Waals surface area contributed by atoms with Crippen molar-refractivity contribution >= 4 is 6.21 Å². The zero-order chi connectivity index (χ0) is 8.20. The fourth-order valence-electron chi connectivity index (χ4n) is 0.626. The van der Waals surface area contributed by atoms with Gasteiger partial charge in [-0.15, -0.1) is 0 Å². The molecule has 0 aromatic heterocycles. The Hall–Kier alpha value is -0.790. The van der Waals surface area contributed by atoms with Gasteiger partial charge < -0.3 is 5.73 Å². The third-order valence-electron chi connectivity index (χ3n) is 1.31. The van der Waals surface area contributed by atoms with Crippen molar-refractivity contribution in [3.8, 4) is 0 Å². The molecule has 0 amide bonds. The predicted molar refractivity (Wildman–Crippen MR) is 46.1 cm³/mol. The van der Waals surface area contributed by atoms with E-state index >= 15 is 0 Å². The molecular weight excluding hydrogens is 124 g/mol. The zero-order valence-electron chi connectivity index (χ0n) is 7.18. The van der Waals surface area contributed by atoms with E-state index in [1.807, 2.05) is 0 Å². The first-order valence-corrected chi connectivity index (χ1v) is 3.37. The van der Waals surface area contributed by atoms with Gasteiger partial charge in [0.05, 0.1) is 0 Å². The lowest BCUT2D eigenvalue weighted by Crippen LogP contribution is -2.12. The van der Waals surface area contributed by atoms with Crippen LogP contribution >= 0.6 is 0 Å². The van der Waals surface area contributed by atoms with Crippen LogP contribution in [0.15, 0.2) is 16.8 Å². The third-order valence-corrected chi connectivity index (χ3v) is 1.31. The van der Waals surface area contributed by atoms with Gasteiger partial charge >= 0.3 is 0 Å². The van der Waals surface area contributed by atoms with Gasteiger partial charge in [0.15, 0.2) is 0 Å². The van der Waals surface area contributed by atoms with E-state index in [4.69, 9.17) is 5.73 Å². The van der Waals surface area contributed by atoms with Crippen molar-refractivity contribution in [1.29, 1.82) is 0 Å². The lowest BCUT2D eigenvalue weighted by Gasteiger charge is -2.18. The molecule has 0 aromatic rings. The molecule has 0 aliphatic carbocycles. The molecule has 2 N–H and O–H groups in total.